The van der Waals surface area contributed by atoms with E-state index in [4.69, 9.17) is 0 Å². The standard InChI is InChI=1S/C3H5FSSe/c1-2-6-3(4)5/h2H2,1H3. The first-order chi connectivity index (χ1) is 2.77. The van der Waals surface area contributed by atoms with E-state index in [0.717, 1.165) is 5.32 Å². The first-order valence-electron chi connectivity index (χ1n) is 1.59. The Morgan fingerprint density at radius 1 is 2.00 bits per heavy atom. The Balaban J connectivity index is 2.83. The number of hydrogen-bond donors (Lipinski definition) is 0. The molecule has 0 heterocycles. The normalized spacial score (nSPS) is 8.33. The first kappa shape index (κ1) is 6.54. The van der Waals surface area contributed by atoms with Gasteiger partial charge in [-0.25, -0.2) is 0 Å². The minimum atomic E-state index is -0.315. The van der Waals surface area contributed by atoms with Crippen molar-refractivity contribution in [3.8, 4) is 0 Å². The van der Waals surface area contributed by atoms with Crippen molar-refractivity contribution in [3.05, 3.63) is 0 Å². The molecule has 0 aromatic heterocycles. The van der Waals surface area contributed by atoms with Gasteiger partial charge in [-0.05, 0) is 0 Å². The fourth-order valence-corrected chi connectivity index (χ4v) is 1.20. The van der Waals surface area contributed by atoms with Crippen LogP contribution in [0.2, 0.25) is 5.32 Å². The molecule has 0 aliphatic rings. The third-order valence-electron chi connectivity index (χ3n) is 0.258. The number of thiocarbonyl (C=S) groups is 1. The molecule has 0 aliphatic heterocycles. The zero-order chi connectivity index (χ0) is 4.99. The van der Waals surface area contributed by atoms with E-state index in [2.05, 4.69) is 12.2 Å². The summed E-state index contributed by atoms with van der Waals surface area (Å²) < 4.78 is 11.1. The molecule has 0 N–H and O–H groups in total. The zero-order valence-corrected chi connectivity index (χ0v) is 5.93. The van der Waals surface area contributed by atoms with Crippen LogP contribution in [0.4, 0.5) is 4.39 Å². The second-order valence-electron chi connectivity index (χ2n) is 0.671. The van der Waals surface area contributed by atoms with Gasteiger partial charge in [0.2, 0.25) is 0 Å². The number of rotatable bonds is 2. The Labute approximate surface area is 48.3 Å². The van der Waals surface area contributed by atoms with E-state index < -0.39 is 0 Å². The van der Waals surface area contributed by atoms with E-state index in [1.54, 1.807) is 0 Å². The van der Waals surface area contributed by atoms with E-state index in [9.17, 15) is 4.39 Å². The van der Waals surface area contributed by atoms with Crippen LogP contribution >= 0.6 is 12.2 Å². The molecule has 0 atom stereocenters. The predicted octanol–water partition coefficient (Wildman–Crippen LogP) is 1.38. The van der Waals surface area contributed by atoms with Gasteiger partial charge in [-0.2, -0.15) is 0 Å². The van der Waals surface area contributed by atoms with E-state index >= 15 is 0 Å². The van der Waals surface area contributed by atoms with Crippen molar-refractivity contribution in [1.29, 1.82) is 0 Å². The van der Waals surface area contributed by atoms with Crippen LogP contribution in [0.1, 0.15) is 6.92 Å². The van der Waals surface area contributed by atoms with Crippen molar-refractivity contribution in [2.24, 2.45) is 0 Å². The molecule has 0 nitrogen and oxygen atoms in total. The van der Waals surface area contributed by atoms with Crippen molar-refractivity contribution in [2.75, 3.05) is 0 Å². The van der Waals surface area contributed by atoms with Gasteiger partial charge in [-0.15, -0.1) is 0 Å². The van der Waals surface area contributed by atoms with Gasteiger partial charge in [-0.1, -0.05) is 0 Å². The molecule has 0 amide bonds. The third-order valence-corrected chi connectivity index (χ3v) is 1.95. The van der Waals surface area contributed by atoms with Gasteiger partial charge in [0.25, 0.3) is 0 Å². The third kappa shape index (κ3) is 4.54. The topological polar surface area (TPSA) is 0 Å². The van der Waals surface area contributed by atoms with Crippen LogP contribution < -0.4 is 0 Å². The van der Waals surface area contributed by atoms with Crippen molar-refractivity contribution in [2.45, 2.75) is 12.2 Å². The quantitative estimate of drug-likeness (QED) is 0.343. The fraction of sp³-hybridized carbons (Fsp3) is 0.667. The summed E-state index contributed by atoms with van der Waals surface area (Å²) in [5.41, 5.74) is 0. The van der Waals surface area contributed by atoms with Crippen molar-refractivity contribution in [1.82, 2.24) is 0 Å². The molecule has 0 rings (SSSR count). The maximum atomic E-state index is 11.5. The summed E-state index contributed by atoms with van der Waals surface area (Å²) in [6, 6.07) is 0. The fourth-order valence-electron chi connectivity index (χ4n) is 0.113. The van der Waals surface area contributed by atoms with Gasteiger partial charge >= 0.3 is 47.8 Å². The molecule has 0 aromatic carbocycles. The molecule has 0 bridgehead atoms. The summed E-state index contributed by atoms with van der Waals surface area (Å²) in [6.45, 7) is 1.92. The molecule has 0 aliphatic carbocycles. The van der Waals surface area contributed by atoms with Crippen LogP contribution in [-0.4, -0.2) is 19.0 Å². The van der Waals surface area contributed by atoms with Gasteiger partial charge in [0.15, 0.2) is 0 Å². The Morgan fingerprint density at radius 3 is 2.50 bits per heavy atom. The van der Waals surface area contributed by atoms with Crippen LogP contribution in [0, 0.1) is 0 Å². The Bertz CT molecular complexity index is 54.8. The molecule has 0 spiro atoms. The molecule has 36 valence electrons. The molecule has 0 fully saturated rings. The SMILES string of the molecule is CC[Se]C(F)=S. The van der Waals surface area contributed by atoms with Gasteiger partial charge in [0.05, 0.1) is 0 Å². The second-order valence-corrected chi connectivity index (χ2v) is 4.18. The summed E-state index contributed by atoms with van der Waals surface area (Å²) in [6.07, 6.45) is 0. The molecule has 0 radical (unpaired) electrons. The van der Waals surface area contributed by atoms with Gasteiger partial charge in [0.1, 0.15) is 0 Å². The van der Waals surface area contributed by atoms with E-state index in [0.29, 0.717) is 0 Å². The molecule has 3 heteroatoms. The van der Waals surface area contributed by atoms with E-state index in [1.807, 2.05) is 6.92 Å². The van der Waals surface area contributed by atoms with Crippen LogP contribution in [0.15, 0.2) is 0 Å². The van der Waals surface area contributed by atoms with Crippen molar-refractivity contribution < 1.29 is 4.39 Å². The summed E-state index contributed by atoms with van der Waals surface area (Å²) in [5, 5.41) is 0.877. The van der Waals surface area contributed by atoms with Crippen molar-refractivity contribution in [3.63, 3.8) is 0 Å². The summed E-state index contributed by atoms with van der Waals surface area (Å²) >= 11 is 4.14. The molecule has 6 heavy (non-hydrogen) atoms. The molecule has 0 saturated heterocycles. The van der Waals surface area contributed by atoms with Gasteiger partial charge in [0, 0.05) is 0 Å². The van der Waals surface area contributed by atoms with E-state index in [-0.39, 0.29) is 19.0 Å². The molecule has 0 saturated carbocycles. The summed E-state index contributed by atoms with van der Waals surface area (Å²) in [4.78, 5) is 0. The summed E-state index contributed by atoms with van der Waals surface area (Å²) in [7, 11) is 0. The van der Waals surface area contributed by atoms with Crippen LogP contribution in [0.3, 0.4) is 0 Å². The predicted molar refractivity (Wildman–Crippen MR) is 29.9 cm³/mol. The Kier molecular flexibility index (Phi) is 4.05. The average Bonchev–Trinajstić information content (AvgIpc) is 1.35. The Hall–Kier alpha value is 0.539. The second kappa shape index (κ2) is 3.72. The molecular weight excluding hydrogens is 166 g/mol. The van der Waals surface area contributed by atoms with Crippen LogP contribution in [0.25, 0.3) is 0 Å². The van der Waals surface area contributed by atoms with E-state index in [1.165, 1.54) is 0 Å². The Morgan fingerprint density at radius 2 is 2.50 bits per heavy atom. The number of halogens is 1. The van der Waals surface area contributed by atoms with Crippen LogP contribution in [0.5, 0.6) is 0 Å². The molecule has 0 aromatic rings. The van der Waals surface area contributed by atoms with Crippen molar-refractivity contribution >= 4 is 31.2 Å². The van der Waals surface area contributed by atoms with Crippen LogP contribution in [-0.2, 0) is 0 Å². The monoisotopic (exact) mass is 172 g/mol. The first-order valence-corrected chi connectivity index (χ1v) is 4.07. The van der Waals surface area contributed by atoms with Gasteiger partial charge in [-0.3, -0.25) is 0 Å². The zero-order valence-electron chi connectivity index (χ0n) is 3.40. The minimum absolute atomic E-state index is 0.0185. The average molecular weight is 171 g/mol. The number of hydrogen-bond acceptors (Lipinski definition) is 1. The maximum absolute atomic E-state index is 11.5. The summed E-state index contributed by atoms with van der Waals surface area (Å²) in [5.74, 6) is 0. The molecular formula is C3H5FSSe. The molecule has 0 unspecified atom stereocenters. The van der Waals surface area contributed by atoms with Gasteiger partial charge < -0.3 is 0 Å².